The number of imidazole rings is 1. The molecule has 3 aromatic rings. The van der Waals surface area contributed by atoms with Crippen LogP contribution in [0.4, 0.5) is 5.82 Å². The molecule has 0 aliphatic heterocycles. The van der Waals surface area contributed by atoms with Crippen LogP contribution in [0.25, 0.3) is 11.2 Å². The van der Waals surface area contributed by atoms with Crippen molar-refractivity contribution in [1.82, 2.24) is 19.9 Å². The van der Waals surface area contributed by atoms with Gasteiger partial charge in [0.25, 0.3) is 0 Å². The van der Waals surface area contributed by atoms with E-state index in [1.54, 1.807) is 18.5 Å². The lowest BCUT2D eigenvalue weighted by Gasteiger charge is -2.08. The highest BCUT2D eigenvalue weighted by Gasteiger charge is 2.07. The van der Waals surface area contributed by atoms with Gasteiger partial charge in [0.15, 0.2) is 21.3 Å². The molecular formula is C14H15N5O3S. The summed E-state index contributed by atoms with van der Waals surface area (Å²) in [6.07, 6.45) is 4.17. The van der Waals surface area contributed by atoms with Crippen molar-refractivity contribution in [1.29, 1.82) is 0 Å². The summed E-state index contributed by atoms with van der Waals surface area (Å²) in [5.74, 6) is 1.26. The second-order valence-corrected chi connectivity index (χ2v) is 6.86. The molecule has 2 N–H and O–H groups in total. The van der Waals surface area contributed by atoms with Gasteiger partial charge < -0.3 is 15.0 Å². The number of fused-ring (bicyclic) bond motifs is 1. The second-order valence-electron chi connectivity index (χ2n) is 4.84. The molecule has 0 bridgehead atoms. The Hall–Kier alpha value is -2.68. The molecule has 0 saturated carbocycles. The molecule has 0 saturated heterocycles. The molecule has 2 aromatic heterocycles. The van der Waals surface area contributed by atoms with Gasteiger partial charge in [0.05, 0.1) is 17.8 Å². The Bertz CT molecular complexity index is 906. The molecule has 0 aliphatic rings. The van der Waals surface area contributed by atoms with Crippen LogP contribution >= 0.6 is 0 Å². The number of ether oxygens (including phenoxy) is 1. The van der Waals surface area contributed by atoms with E-state index in [0.717, 1.165) is 5.52 Å². The van der Waals surface area contributed by atoms with E-state index in [-0.39, 0.29) is 4.90 Å². The first-order chi connectivity index (χ1) is 11.0. The Morgan fingerprint density at radius 2 is 1.96 bits per heavy atom. The zero-order valence-corrected chi connectivity index (χ0v) is 13.2. The van der Waals surface area contributed by atoms with Crippen LogP contribution in [-0.2, 0) is 9.84 Å². The first-order valence-corrected chi connectivity index (χ1v) is 8.74. The van der Waals surface area contributed by atoms with Crippen molar-refractivity contribution < 1.29 is 13.2 Å². The van der Waals surface area contributed by atoms with Crippen LogP contribution in [0, 0.1) is 0 Å². The number of nitrogens with one attached hydrogen (secondary N) is 2. The predicted octanol–water partition coefficient (Wildman–Crippen LogP) is 1.25. The summed E-state index contributed by atoms with van der Waals surface area (Å²) < 4.78 is 28.3. The van der Waals surface area contributed by atoms with Gasteiger partial charge in [-0.15, -0.1) is 0 Å². The van der Waals surface area contributed by atoms with Crippen molar-refractivity contribution in [3.63, 3.8) is 0 Å². The third kappa shape index (κ3) is 3.57. The third-order valence-corrected chi connectivity index (χ3v) is 4.27. The van der Waals surface area contributed by atoms with Crippen molar-refractivity contribution in [3.8, 4) is 5.75 Å². The number of sulfone groups is 1. The van der Waals surface area contributed by atoms with Crippen LogP contribution in [0.3, 0.4) is 0 Å². The van der Waals surface area contributed by atoms with Gasteiger partial charge in [-0.1, -0.05) is 0 Å². The van der Waals surface area contributed by atoms with E-state index in [4.69, 9.17) is 4.74 Å². The van der Waals surface area contributed by atoms with Gasteiger partial charge in [-0.05, 0) is 24.3 Å². The Balaban J connectivity index is 1.55. The van der Waals surface area contributed by atoms with Gasteiger partial charge in [-0.3, -0.25) is 0 Å². The second kappa shape index (κ2) is 6.21. The first-order valence-electron chi connectivity index (χ1n) is 6.85. The molecule has 3 rings (SSSR count). The zero-order chi connectivity index (χ0) is 16.3. The van der Waals surface area contributed by atoms with E-state index in [1.165, 1.54) is 24.7 Å². The topological polar surface area (TPSA) is 110 Å². The van der Waals surface area contributed by atoms with Gasteiger partial charge in [-0.25, -0.2) is 23.4 Å². The van der Waals surface area contributed by atoms with Gasteiger partial charge in [-0.2, -0.15) is 0 Å². The number of hydrogen-bond donors (Lipinski definition) is 2. The lowest BCUT2D eigenvalue weighted by atomic mass is 10.3. The van der Waals surface area contributed by atoms with Gasteiger partial charge in [0.1, 0.15) is 24.2 Å². The predicted molar refractivity (Wildman–Crippen MR) is 85.2 cm³/mol. The highest BCUT2D eigenvalue weighted by Crippen LogP contribution is 2.16. The number of H-pyrrole nitrogens is 1. The molecule has 0 atom stereocenters. The van der Waals surface area contributed by atoms with E-state index in [9.17, 15) is 8.42 Å². The molecule has 0 spiro atoms. The van der Waals surface area contributed by atoms with Crippen LogP contribution < -0.4 is 10.1 Å². The minimum Gasteiger partial charge on any atom is -0.492 e. The van der Waals surface area contributed by atoms with E-state index in [0.29, 0.717) is 30.4 Å². The summed E-state index contributed by atoms with van der Waals surface area (Å²) in [4.78, 5) is 15.5. The van der Waals surface area contributed by atoms with E-state index in [1.807, 2.05) is 0 Å². The summed E-state index contributed by atoms with van der Waals surface area (Å²) in [5, 5.41) is 3.14. The SMILES string of the molecule is CS(=O)(=O)c1ccc(OCCNc2ncnc3nc[nH]c23)cc1. The number of nitrogens with zero attached hydrogens (tertiary/aromatic N) is 3. The molecule has 23 heavy (non-hydrogen) atoms. The highest BCUT2D eigenvalue weighted by atomic mass is 32.2. The zero-order valence-electron chi connectivity index (χ0n) is 12.4. The molecule has 2 heterocycles. The van der Waals surface area contributed by atoms with E-state index < -0.39 is 9.84 Å². The standard InChI is InChI=1S/C14H15N5O3S/c1-23(20,21)11-4-2-10(3-5-11)22-7-6-15-13-12-14(17-8-16-12)19-9-18-13/h2-5,8-9H,6-7H2,1H3,(H2,15,16,17,18,19). The fourth-order valence-corrected chi connectivity index (χ4v) is 2.65. The molecule has 0 unspecified atom stereocenters. The minimum atomic E-state index is -3.19. The number of rotatable bonds is 6. The number of benzene rings is 1. The smallest absolute Gasteiger partial charge is 0.182 e. The maximum Gasteiger partial charge on any atom is 0.182 e. The van der Waals surface area contributed by atoms with Crippen molar-refractivity contribution in [2.75, 3.05) is 24.7 Å². The summed E-state index contributed by atoms with van der Waals surface area (Å²) in [6.45, 7) is 0.927. The van der Waals surface area contributed by atoms with Crippen molar-refractivity contribution in [2.24, 2.45) is 0 Å². The minimum absolute atomic E-state index is 0.269. The average molecular weight is 333 g/mol. The summed E-state index contributed by atoms with van der Waals surface area (Å²) in [7, 11) is -3.19. The fraction of sp³-hybridized carbons (Fsp3) is 0.214. The molecule has 0 amide bonds. The lowest BCUT2D eigenvalue weighted by Crippen LogP contribution is -2.12. The summed E-state index contributed by atoms with van der Waals surface area (Å²) >= 11 is 0. The molecular weight excluding hydrogens is 318 g/mol. The van der Waals surface area contributed by atoms with Crippen molar-refractivity contribution in [3.05, 3.63) is 36.9 Å². The first kappa shape index (κ1) is 15.2. The average Bonchev–Trinajstić information content (AvgIpc) is 3.00. The summed E-state index contributed by atoms with van der Waals surface area (Å²) in [6, 6.07) is 6.32. The highest BCUT2D eigenvalue weighted by molar-refractivity contribution is 7.90. The monoisotopic (exact) mass is 333 g/mol. The lowest BCUT2D eigenvalue weighted by molar-refractivity contribution is 0.332. The Morgan fingerprint density at radius 3 is 2.70 bits per heavy atom. The van der Waals surface area contributed by atoms with Crippen LogP contribution in [0.1, 0.15) is 0 Å². The quantitative estimate of drug-likeness (QED) is 0.653. The molecule has 8 nitrogen and oxygen atoms in total. The Morgan fingerprint density at radius 1 is 1.17 bits per heavy atom. The number of aromatic nitrogens is 4. The van der Waals surface area contributed by atoms with Crippen molar-refractivity contribution >= 4 is 26.8 Å². The maximum absolute atomic E-state index is 11.4. The maximum atomic E-state index is 11.4. The molecule has 1 aromatic carbocycles. The number of anilines is 1. The van der Waals surface area contributed by atoms with E-state index in [2.05, 4.69) is 25.3 Å². The number of aromatic amines is 1. The van der Waals surface area contributed by atoms with Crippen LogP contribution in [-0.4, -0.2) is 47.8 Å². The van der Waals surface area contributed by atoms with Gasteiger partial charge in [0, 0.05) is 6.26 Å². The van der Waals surface area contributed by atoms with Crippen LogP contribution in [0.5, 0.6) is 5.75 Å². The summed E-state index contributed by atoms with van der Waals surface area (Å²) in [5.41, 5.74) is 1.34. The van der Waals surface area contributed by atoms with Crippen molar-refractivity contribution in [2.45, 2.75) is 4.90 Å². The third-order valence-electron chi connectivity index (χ3n) is 3.14. The molecule has 0 fully saturated rings. The Labute approximate surface area is 132 Å². The normalized spacial score (nSPS) is 11.5. The molecule has 9 heteroatoms. The van der Waals surface area contributed by atoms with Crippen LogP contribution in [0.2, 0.25) is 0 Å². The largest absolute Gasteiger partial charge is 0.492 e. The van der Waals surface area contributed by atoms with E-state index >= 15 is 0 Å². The Kier molecular flexibility index (Phi) is 4.11. The van der Waals surface area contributed by atoms with Gasteiger partial charge >= 0.3 is 0 Å². The molecule has 0 aliphatic carbocycles. The molecule has 0 radical (unpaired) electrons. The molecule has 120 valence electrons. The fourth-order valence-electron chi connectivity index (χ4n) is 2.02. The number of hydrogen-bond acceptors (Lipinski definition) is 7. The van der Waals surface area contributed by atoms with Crippen LogP contribution in [0.15, 0.2) is 41.8 Å². The van der Waals surface area contributed by atoms with Gasteiger partial charge in [0.2, 0.25) is 0 Å².